The third-order valence-electron chi connectivity index (χ3n) is 5.53. The van der Waals surface area contributed by atoms with Gasteiger partial charge in [0.2, 0.25) is 0 Å². The normalized spacial score (nSPS) is 14.2. The smallest absolute Gasteiger partial charge is 0.143 e. The fourth-order valence-electron chi connectivity index (χ4n) is 3.89. The highest BCUT2D eigenvalue weighted by Crippen LogP contribution is 2.26. The predicted molar refractivity (Wildman–Crippen MR) is 132 cm³/mol. The number of aliphatic imine (C=N–C) groups is 1. The van der Waals surface area contributed by atoms with Gasteiger partial charge in [0.05, 0.1) is 43.6 Å². The van der Waals surface area contributed by atoms with Crippen molar-refractivity contribution in [3.8, 4) is 11.4 Å². The zero-order valence-electron chi connectivity index (χ0n) is 19.3. The van der Waals surface area contributed by atoms with E-state index in [2.05, 4.69) is 77.4 Å². The lowest BCUT2D eigenvalue weighted by molar-refractivity contribution is 0.371. The molecule has 6 nitrogen and oxygen atoms in total. The van der Waals surface area contributed by atoms with Crippen molar-refractivity contribution in [3.05, 3.63) is 77.9 Å². The van der Waals surface area contributed by atoms with Gasteiger partial charge in [-0.2, -0.15) is 0 Å². The van der Waals surface area contributed by atoms with Gasteiger partial charge in [-0.25, -0.2) is 4.98 Å². The van der Waals surface area contributed by atoms with E-state index in [4.69, 9.17) is 9.73 Å². The van der Waals surface area contributed by atoms with E-state index in [0.717, 1.165) is 54.6 Å². The van der Waals surface area contributed by atoms with Crippen molar-refractivity contribution >= 4 is 17.6 Å². The van der Waals surface area contributed by atoms with Crippen LogP contribution in [0.15, 0.2) is 66.1 Å². The maximum Gasteiger partial charge on any atom is 0.143 e. The van der Waals surface area contributed by atoms with Crippen molar-refractivity contribution in [1.29, 1.82) is 0 Å². The number of hydrazine groups is 1. The number of rotatable bonds is 7. The number of anilines is 1. The summed E-state index contributed by atoms with van der Waals surface area (Å²) in [5.74, 6) is 1.79. The Labute approximate surface area is 190 Å². The van der Waals surface area contributed by atoms with Crippen molar-refractivity contribution in [2.24, 2.45) is 4.99 Å². The highest BCUT2D eigenvalue weighted by atomic mass is 16.5. The molecule has 0 unspecified atom stereocenters. The highest BCUT2D eigenvalue weighted by Gasteiger charge is 2.21. The summed E-state index contributed by atoms with van der Waals surface area (Å²) in [4.78, 5) is 9.14. The van der Waals surface area contributed by atoms with Crippen LogP contribution < -0.4 is 9.75 Å². The number of methoxy groups -OCH3 is 1. The lowest BCUT2D eigenvalue weighted by Gasteiger charge is -2.40. The van der Waals surface area contributed by atoms with Gasteiger partial charge in [-0.15, -0.1) is 0 Å². The third-order valence-corrected chi connectivity index (χ3v) is 5.53. The largest absolute Gasteiger partial charge is 0.495 e. The Morgan fingerprint density at radius 2 is 1.88 bits per heavy atom. The van der Waals surface area contributed by atoms with Crippen molar-refractivity contribution in [1.82, 2.24) is 14.6 Å². The molecule has 2 heterocycles. The summed E-state index contributed by atoms with van der Waals surface area (Å²) in [5, 5.41) is 4.62. The first-order valence-corrected chi connectivity index (χ1v) is 11.1. The Morgan fingerprint density at radius 1 is 1.06 bits per heavy atom. The summed E-state index contributed by atoms with van der Waals surface area (Å²) in [7, 11) is 1.70. The molecule has 0 amide bonds. The summed E-state index contributed by atoms with van der Waals surface area (Å²) in [6, 6.07) is 14.9. The number of aromatic nitrogens is 2. The van der Waals surface area contributed by atoms with Crippen LogP contribution in [0, 0.1) is 13.8 Å². The molecule has 0 saturated carbocycles. The minimum absolute atomic E-state index is 0.774. The molecule has 0 saturated heterocycles. The van der Waals surface area contributed by atoms with Crippen molar-refractivity contribution in [2.45, 2.75) is 27.2 Å². The fourth-order valence-corrected chi connectivity index (χ4v) is 3.89. The Balaban J connectivity index is 1.58. The second-order valence-electron chi connectivity index (χ2n) is 8.01. The Kier molecular flexibility index (Phi) is 6.59. The molecule has 6 heteroatoms. The van der Waals surface area contributed by atoms with Crippen LogP contribution in [0.4, 0.5) is 5.69 Å². The number of benzene rings is 2. The van der Waals surface area contributed by atoms with Crippen LogP contribution in [0.25, 0.3) is 11.8 Å². The van der Waals surface area contributed by atoms with Crippen LogP contribution in [-0.2, 0) is 0 Å². The van der Waals surface area contributed by atoms with E-state index in [1.54, 1.807) is 7.11 Å². The molecule has 0 fully saturated rings. The number of amidine groups is 1. The highest BCUT2D eigenvalue weighted by molar-refractivity contribution is 5.98. The SMILES string of the molecule is CCCN1C(C=Cc2ccc(-n3cnc(C)c3)c(OC)c2)=NCCN1c1ccc(C)cc1. The van der Waals surface area contributed by atoms with Gasteiger partial charge in [-0.1, -0.05) is 36.8 Å². The molecular formula is C26H31N5O. The Hall–Kier alpha value is -3.54. The summed E-state index contributed by atoms with van der Waals surface area (Å²) in [6.07, 6.45) is 9.05. The van der Waals surface area contributed by atoms with Crippen LogP contribution in [0.1, 0.15) is 30.2 Å². The van der Waals surface area contributed by atoms with Crippen molar-refractivity contribution < 1.29 is 4.74 Å². The topological polar surface area (TPSA) is 45.9 Å². The van der Waals surface area contributed by atoms with E-state index >= 15 is 0 Å². The maximum atomic E-state index is 5.65. The van der Waals surface area contributed by atoms with Crippen molar-refractivity contribution in [2.75, 3.05) is 31.8 Å². The van der Waals surface area contributed by atoms with Gasteiger partial charge in [0.1, 0.15) is 11.6 Å². The molecule has 4 rings (SSSR count). The number of aryl methyl sites for hydroxylation is 2. The van der Waals surface area contributed by atoms with Crippen LogP contribution in [0.2, 0.25) is 0 Å². The zero-order valence-corrected chi connectivity index (χ0v) is 19.3. The average molecular weight is 430 g/mol. The van der Waals surface area contributed by atoms with Gasteiger partial charge in [0, 0.05) is 12.7 Å². The molecular weight excluding hydrogens is 398 g/mol. The van der Waals surface area contributed by atoms with Gasteiger partial charge >= 0.3 is 0 Å². The summed E-state index contributed by atoms with van der Waals surface area (Å²) >= 11 is 0. The molecule has 2 aromatic carbocycles. The first kappa shape index (κ1) is 21.7. The predicted octanol–water partition coefficient (Wildman–Crippen LogP) is 5.06. The lowest BCUT2D eigenvalue weighted by Crippen LogP contribution is -2.50. The fraction of sp³-hybridized carbons (Fsp3) is 0.308. The molecule has 0 aliphatic carbocycles. The van der Waals surface area contributed by atoms with E-state index in [0.29, 0.717) is 0 Å². The second-order valence-corrected chi connectivity index (χ2v) is 8.01. The molecule has 32 heavy (non-hydrogen) atoms. The molecule has 3 aromatic rings. The third kappa shape index (κ3) is 4.69. The summed E-state index contributed by atoms with van der Waals surface area (Å²) in [5.41, 5.74) is 5.48. The lowest BCUT2D eigenvalue weighted by atomic mass is 10.1. The average Bonchev–Trinajstić information content (AvgIpc) is 3.25. The molecule has 0 N–H and O–H groups in total. The molecule has 0 spiro atoms. The van der Waals surface area contributed by atoms with E-state index in [9.17, 15) is 0 Å². The van der Waals surface area contributed by atoms with Gasteiger partial charge in [0.15, 0.2) is 0 Å². The standard InChI is InChI=1S/C26H31N5O/c1-5-15-31-26(27-14-16-30(31)23-10-6-20(2)7-11-23)13-9-22-8-12-24(25(17-22)32-4)29-18-21(3)28-19-29/h6-13,17-19H,5,14-16H2,1-4H3. The van der Waals surface area contributed by atoms with Gasteiger partial charge in [-0.3, -0.25) is 15.0 Å². The van der Waals surface area contributed by atoms with E-state index < -0.39 is 0 Å². The van der Waals surface area contributed by atoms with Gasteiger partial charge in [0.25, 0.3) is 0 Å². The van der Waals surface area contributed by atoms with Gasteiger partial charge in [-0.05, 0) is 56.2 Å². The molecule has 1 aliphatic heterocycles. The van der Waals surface area contributed by atoms with E-state index in [1.807, 2.05) is 30.1 Å². The van der Waals surface area contributed by atoms with Gasteiger partial charge < -0.3 is 9.30 Å². The first-order chi connectivity index (χ1) is 15.6. The van der Waals surface area contributed by atoms with E-state index in [-0.39, 0.29) is 0 Å². The number of nitrogens with zero attached hydrogens (tertiary/aromatic N) is 5. The Morgan fingerprint density at radius 3 is 2.56 bits per heavy atom. The summed E-state index contributed by atoms with van der Waals surface area (Å²) < 4.78 is 7.64. The molecule has 0 bridgehead atoms. The first-order valence-electron chi connectivity index (χ1n) is 11.1. The molecule has 166 valence electrons. The minimum atomic E-state index is 0.774. The number of hydrogen-bond donors (Lipinski definition) is 0. The maximum absolute atomic E-state index is 5.65. The number of imidazole rings is 1. The quantitative estimate of drug-likeness (QED) is 0.527. The number of ether oxygens (including phenoxy) is 1. The number of hydrogen-bond acceptors (Lipinski definition) is 5. The van der Waals surface area contributed by atoms with E-state index in [1.165, 1.54) is 11.3 Å². The second kappa shape index (κ2) is 9.73. The van der Waals surface area contributed by atoms with Crippen molar-refractivity contribution in [3.63, 3.8) is 0 Å². The molecule has 1 aliphatic rings. The molecule has 0 radical (unpaired) electrons. The molecule has 0 atom stereocenters. The Bertz CT molecular complexity index is 1110. The molecule has 1 aromatic heterocycles. The van der Waals surface area contributed by atoms with Crippen LogP contribution in [0.3, 0.4) is 0 Å². The van der Waals surface area contributed by atoms with Crippen LogP contribution in [-0.4, -0.2) is 47.1 Å². The minimum Gasteiger partial charge on any atom is -0.495 e. The van der Waals surface area contributed by atoms with Crippen LogP contribution in [0.5, 0.6) is 5.75 Å². The monoisotopic (exact) mass is 429 g/mol. The van der Waals surface area contributed by atoms with Crippen LogP contribution >= 0.6 is 0 Å². The summed E-state index contributed by atoms with van der Waals surface area (Å²) in [6.45, 7) is 8.87. The zero-order chi connectivity index (χ0) is 22.5.